The lowest BCUT2D eigenvalue weighted by Gasteiger charge is -2.35. The number of thiocarbonyl (C=S) groups is 1. The van der Waals surface area contributed by atoms with Gasteiger partial charge >= 0.3 is 6.03 Å². The van der Waals surface area contributed by atoms with Crippen LogP contribution >= 0.6 is 23.8 Å². The van der Waals surface area contributed by atoms with E-state index in [1.165, 1.54) is 6.07 Å². The van der Waals surface area contributed by atoms with Crippen LogP contribution in [-0.4, -0.2) is 35.0 Å². The molecule has 1 aliphatic rings. The summed E-state index contributed by atoms with van der Waals surface area (Å²) in [5.74, 6) is 0.382. The second kappa shape index (κ2) is 8.58. The number of benzene rings is 1. The molecule has 0 bridgehead atoms. The molecule has 2 rings (SSSR count). The van der Waals surface area contributed by atoms with E-state index in [4.69, 9.17) is 29.6 Å². The molecular formula is C17H22ClFN4OS. The van der Waals surface area contributed by atoms with E-state index >= 15 is 0 Å². The molecule has 2 amide bonds. The average molecular weight is 385 g/mol. The van der Waals surface area contributed by atoms with Crippen LogP contribution in [0, 0.1) is 11.7 Å². The van der Waals surface area contributed by atoms with Gasteiger partial charge in [0.2, 0.25) is 5.11 Å². The van der Waals surface area contributed by atoms with Gasteiger partial charge in [-0.25, -0.2) is 14.2 Å². The number of carbonyl (C=O) groups excluding carboxylic acids is 1. The van der Waals surface area contributed by atoms with Crippen molar-refractivity contribution < 1.29 is 9.18 Å². The van der Waals surface area contributed by atoms with Crippen molar-refractivity contribution in [3.8, 4) is 0 Å². The van der Waals surface area contributed by atoms with E-state index in [2.05, 4.69) is 10.3 Å². The quantitative estimate of drug-likeness (QED) is 0.464. The van der Waals surface area contributed by atoms with Crippen LogP contribution in [0.4, 0.5) is 9.18 Å². The molecule has 3 N–H and O–H groups in total. The van der Waals surface area contributed by atoms with Crippen molar-refractivity contribution in [1.82, 2.24) is 10.2 Å². The predicted octanol–water partition coefficient (Wildman–Crippen LogP) is 3.67. The van der Waals surface area contributed by atoms with Crippen LogP contribution in [-0.2, 0) is 0 Å². The molecule has 0 saturated carbocycles. The first-order valence-electron chi connectivity index (χ1n) is 8.13. The highest BCUT2D eigenvalue weighted by Crippen LogP contribution is 2.34. The Morgan fingerprint density at radius 3 is 2.68 bits per heavy atom. The molecule has 25 heavy (non-hydrogen) atoms. The van der Waals surface area contributed by atoms with Crippen LogP contribution in [0.15, 0.2) is 23.2 Å². The Hall–Kier alpha value is -1.73. The molecule has 1 unspecified atom stereocenters. The Kier molecular flexibility index (Phi) is 6.72. The van der Waals surface area contributed by atoms with Crippen molar-refractivity contribution in [1.29, 1.82) is 0 Å². The van der Waals surface area contributed by atoms with E-state index in [0.29, 0.717) is 35.4 Å². The van der Waals surface area contributed by atoms with Gasteiger partial charge in [-0.3, -0.25) is 5.32 Å². The summed E-state index contributed by atoms with van der Waals surface area (Å²) in [6.07, 6.45) is 1.59. The van der Waals surface area contributed by atoms with Crippen molar-refractivity contribution in [3.05, 3.63) is 34.6 Å². The number of nitrogens with two attached hydrogens (primary N) is 1. The van der Waals surface area contributed by atoms with Gasteiger partial charge in [0, 0.05) is 18.1 Å². The summed E-state index contributed by atoms with van der Waals surface area (Å²) < 4.78 is 14.1. The Balaban J connectivity index is 1.91. The van der Waals surface area contributed by atoms with E-state index in [1.54, 1.807) is 24.0 Å². The molecule has 136 valence electrons. The molecular weight excluding hydrogens is 363 g/mol. The molecule has 8 heteroatoms. The Morgan fingerprint density at radius 2 is 2.12 bits per heavy atom. The fraction of sp³-hybridized carbons (Fsp3) is 0.471. The number of aliphatic imine (C=N–C) groups is 1. The minimum atomic E-state index is -0.279. The van der Waals surface area contributed by atoms with Gasteiger partial charge in [0.15, 0.2) is 0 Å². The third-order valence-corrected chi connectivity index (χ3v) is 4.91. The molecule has 1 fully saturated rings. The van der Waals surface area contributed by atoms with Crippen molar-refractivity contribution in [3.63, 3.8) is 0 Å². The number of hydrogen-bond donors (Lipinski definition) is 2. The zero-order chi connectivity index (χ0) is 18.6. The number of hydrogen-bond acceptors (Lipinski definition) is 2. The normalized spacial score (nSPS) is 17.3. The largest absolute Gasteiger partial charge is 0.387 e. The van der Waals surface area contributed by atoms with Crippen molar-refractivity contribution in [2.45, 2.75) is 32.6 Å². The maximum absolute atomic E-state index is 14.1. The third-order valence-electron chi connectivity index (χ3n) is 4.48. The zero-order valence-corrected chi connectivity index (χ0v) is 15.8. The molecule has 1 heterocycles. The first kappa shape index (κ1) is 19.6. The Labute approximate surface area is 157 Å². The minimum absolute atomic E-state index is 0.0590. The van der Waals surface area contributed by atoms with E-state index < -0.39 is 0 Å². The van der Waals surface area contributed by atoms with Crippen LogP contribution < -0.4 is 11.1 Å². The zero-order valence-electron chi connectivity index (χ0n) is 14.3. The maximum Gasteiger partial charge on any atom is 0.323 e. The van der Waals surface area contributed by atoms with Crippen molar-refractivity contribution >= 4 is 40.8 Å². The van der Waals surface area contributed by atoms with Crippen LogP contribution in [0.2, 0.25) is 5.02 Å². The molecule has 0 spiro atoms. The SMILES string of the molecule is C/C(N)=N/C(=S)NC(=O)N1CCC(C(C)c2ccc(Cl)cc2F)CC1. The van der Waals surface area contributed by atoms with Crippen LogP contribution in [0.25, 0.3) is 0 Å². The Bertz CT molecular complexity index is 685. The van der Waals surface area contributed by atoms with Gasteiger partial charge in [0.25, 0.3) is 0 Å². The average Bonchev–Trinajstić information content (AvgIpc) is 2.53. The van der Waals surface area contributed by atoms with Crippen LogP contribution in [0.1, 0.15) is 38.2 Å². The van der Waals surface area contributed by atoms with E-state index in [9.17, 15) is 9.18 Å². The van der Waals surface area contributed by atoms with Crippen molar-refractivity contribution in [2.75, 3.05) is 13.1 Å². The van der Waals surface area contributed by atoms with Crippen LogP contribution in [0.3, 0.4) is 0 Å². The van der Waals surface area contributed by atoms with Crippen molar-refractivity contribution in [2.24, 2.45) is 16.6 Å². The Morgan fingerprint density at radius 1 is 1.48 bits per heavy atom. The van der Waals surface area contributed by atoms with Gasteiger partial charge in [-0.2, -0.15) is 0 Å². The number of halogens is 2. The summed E-state index contributed by atoms with van der Waals surface area (Å²) in [6, 6.07) is 4.52. The molecule has 1 aromatic carbocycles. The summed E-state index contributed by atoms with van der Waals surface area (Å²) >= 11 is 10.8. The highest BCUT2D eigenvalue weighted by molar-refractivity contribution is 7.80. The lowest BCUT2D eigenvalue weighted by molar-refractivity contribution is 0.168. The highest BCUT2D eigenvalue weighted by atomic mass is 35.5. The number of carbonyl (C=O) groups is 1. The summed E-state index contributed by atoms with van der Waals surface area (Å²) in [4.78, 5) is 17.7. The standard InChI is InChI=1S/C17H22ClFN4OS/c1-10(14-4-3-13(18)9-15(14)19)12-5-7-23(8-6-12)17(24)22-16(25)21-11(2)20/h3-4,9-10,12H,5-8H2,1-2H3,(H3,20,21,22,24,25). The summed E-state index contributed by atoms with van der Waals surface area (Å²) in [6.45, 7) is 4.79. The van der Waals surface area contributed by atoms with Gasteiger partial charge in [0.05, 0.1) is 5.84 Å². The number of urea groups is 1. The van der Waals surface area contributed by atoms with Gasteiger partial charge in [-0.1, -0.05) is 24.6 Å². The molecule has 5 nitrogen and oxygen atoms in total. The van der Waals surface area contributed by atoms with Gasteiger partial charge in [-0.05, 0) is 61.5 Å². The lowest BCUT2D eigenvalue weighted by atomic mass is 9.81. The molecule has 0 aliphatic carbocycles. The number of piperidine rings is 1. The molecule has 1 aliphatic heterocycles. The molecule has 1 atom stereocenters. The first-order chi connectivity index (χ1) is 11.8. The van der Waals surface area contributed by atoms with E-state index in [-0.39, 0.29) is 22.9 Å². The molecule has 0 radical (unpaired) electrons. The maximum atomic E-state index is 14.1. The number of nitrogens with zero attached hydrogens (tertiary/aromatic N) is 2. The van der Waals surface area contributed by atoms with Crippen LogP contribution in [0.5, 0.6) is 0 Å². The van der Waals surface area contributed by atoms with E-state index in [0.717, 1.165) is 12.8 Å². The van der Waals surface area contributed by atoms with E-state index in [1.807, 2.05) is 6.92 Å². The first-order valence-corrected chi connectivity index (χ1v) is 8.92. The second-order valence-electron chi connectivity index (χ2n) is 6.27. The molecule has 1 aromatic rings. The van der Waals surface area contributed by atoms with Gasteiger partial charge < -0.3 is 10.6 Å². The summed E-state index contributed by atoms with van der Waals surface area (Å²) in [5.41, 5.74) is 6.10. The summed E-state index contributed by atoms with van der Waals surface area (Å²) in [7, 11) is 0. The monoisotopic (exact) mass is 384 g/mol. The highest BCUT2D eigenvalue weighted by Gasteiger charge is 2.28. The smallest absolute Gasteiger partial charge is 0.323 e. The third kappa shape index (κ3) is 5.37. The number of nitrogens with one attached hydrogen (secondary N) is 1. The fourth-order valence-corrected chi connectivity index (χ4v) is 3.48. The van der Waals surface area contributed by atoms with Gasteiger partial charge in [-0.15, -0.1) is 0 Å². The summed E-state index contributed by atoms with van der Waals surface area (Å²) in [5, 5.41) is 3.00. The predicted molar refractivity (Wildman–Crippen MR) is 103 cm³/mol. The minimum Gasteiger partial charge on any atom is -0.387 e. The molecule has 0 aromatic heterocycles. The molecule has 1 saturated heterocycles. The van der Waals surface area contributed by atoms with Gasteiger partial charge in [0.1, 0.15) is 5.82 Å². The lowest BCUT2D eigenvalue weighted by Crippen LogP contribution is -2.46. The number of likely N-dealkylation sites (tertiary alicyclic amines) is 1. The fourth-order valence-electron chi connectivity index (χ4n) is 3.09. The topological polar surface area (TPSA) is 70.7 Å². The number of rotatable bonds is 2. The number of amidine groups is 1. The second-order valence-corrected chi connectivity index (χ2v) is 7.09. The number of amides is 2.